The molecular formula is C18H23NO2. The van der Waals surface area contributed by atoms with Crippen molar-refractivity contribution in [1.82, 2.24) is 5.32 Å². The Balaban J connectivity index is 1.64. The number of nitrogens with one attached hydrogen (secondary N) is 1. The van der Waals surface area contributed by atoms with Gasteiger partial charge < -0.3 is 15.2 Å². The summed E-state index contributed by atoms with van der Waals surface area (Å²) in [5, 5.41) is 13.2. The molecule has 112 valence electrons. The molecule has 2 rings (SSSR count). The van der Waals surface area contributed by atoms with Crippen molar-refractivity contribution in [1.29, 1.82) is 0 Å². The highest BCUT2D eigenvalue weighted by atomic mass is 16.5. The number of benzene rings is 2. The lowest BCUT2D eigenvalue weighted by molar-refractivity contribution is -0.00212. The lowest BCUT2D eigenvalue weighted by atomic mass is 10.1. The minimum Gasteiger partial charge on any atom is -0.389 e. The summed E-state index contributed by atoms with van der Waals surface area (Å²) in [7, 11) is 0. The number of ether oxygens (including phenoxy) is 1. The van der Waals surface area contributed by atoms with E-state index in [0.717, 1.165) is 12.1 Å². The third-order valence-corrected chi connectivity index (χ3v) is 3.36. The van der Waals surface area contributed by atoms with E-state index in [4.69, 9.17) is 4.74 Å². The first-order valence-electron chi connectivity index (χ1n) is 7.35. The van der Waals surface area contributed by atoms with Gasteiger partial charge in [-0.3, -0.25) is 0 Å². The van der Waals surface area contributed by atoms with Gasteiger partial charge in [0.2, 0.25) is 0 Å². The summed E-state index contributed by atoms with van der Waals surface area (Å²) in [5.74, 6) is 0. The van der Waals surface area contributed by atoms with Crippen molar-refractivity contribution in [2.24, 2.45) is 0 Å². The number of aliphatic hydroxyl groups is 1. The molecule has 3 heteroatoms. The molecule has 0 amide bonds. The van der Waals surface area contributed by atoms with E-state index in [1.807, 2.05) is 55.5 Å². The predicted molar refractivity (Wildman–Crippen MR) is 85.0 cm³/mol. The zero-order valence-corrected chi connectivity index (χ0v) is 12.4. The summed E-state index contributed by atoms with van der Waals surface area (Å²) in [6.45, 7) is 3.61. The second-order valence-corrected chi connectivity index (χ2v) is 5.16. The highest BCUT2D eigenvalue weighted by Gasteiger charge is 2.09. The zero-order valence-electron chi connectivity index (χ0n) is 12.4. The van der Waals surface area contributed by atoms with E-state index in [2.05, 4.69) is 17.4 Å². The normalized spacial score (nSPS) is 13.8. The van der Waals surface area contributed by atoms with Gasteiger partial charge in [-0.1, -0.05) is 60.7 Å². The summed E-state index contributed by atoms with van der Waals surface area (Å²) in [4.78, 5) is 0. The molecule has 2 aromatic rings. The fourth-order valence-corrected chi connectivity index (χ4v) is 2.11. The highest BCUT2D eigenvalue weighted by molar-refractivity contribution is 5.16. The lowest BCUT2D eigenvalue weighted by Gasteiger charge is -2.17. The monoisotopic (exact) mass is 285 g/mol. The molecule has 2 unspecified atom stereocenters. The Morgan fingerprint density at radius 1 is 1.00 bits per heavy atom. The molecule has 2 N–H and O–H groups in total. The Hall–Kier alpha value is -1.68. The molecule has 2 aromatic carbocycles. The Morgan fingerprint density at radius 3 is 2.29 bits per heavy atom. The second-order valence-electron chi connectivity index (χ2n) is 5.16. The van der Waals surface area contributed by atoms with Crippen LogP contribution in [0.15, 0.2) is 60.7 Å². The van der Waals surface area contributed by atoms with Crippen molar-refractivity contribution in [3.8, 4) is 0 Å². The SMILES string of the molecule is CC(OCC(O)CNCc1ccccc1)c1ccccc1. The molecule has 0 aromatic heterocycles. The molecule has 3 nitrogen and oxygen atoms in total. The van der Waals surface area contributed by atoms with Crippen molar-refractivity contribution in [2.45, 2.75) is 25.7 Å². The average molecular weight is 285 g/mol. The fraction of sp³-hybridized carbons (Fsp3) is 0.333. The van der Waals surface area contributed by atoms with Gasteiger partial charge in [-0.2, -0.15) is 0 Å². The Kier molecular flexibility index (Phi) is 6.41. The van der Waals surface area contributed by atoms with Crippen molar-refractivity contribution >= 4 is 0 Å². The third kappa shape index (κ3) is 5.68. The van der Waals surface area contributed by atoms with E-state index < -0.39 is 6.10 Å². The van der Waals surface area contributed by atoms with Crippen LogP contribution in [0.1, 0.15) is 24.2 Å². The minimum atomic E-state index is -0.500. The summed E-state index contributed by atoms with van der Waals surface area (Å²) < 4.78 is 5.70. The Bertz CT molecular complexity index is 501. The molecule has 21 heavy (non-hydrogen) atoms. The van der Waals surface area contributed by atoms with Crippen LogP contribution in [0.4, 0.5) is 0 Å². The molecule has 0 spiro atoms. The molecule has 0 aliphatic rings. The number of hydrogen-bond donors (Lipinski definition) is 2. The van der Waals surface area contributed by atoms with Crippen molar-refractivity contribution in [3.05, 3.63) is 71.8 Å². The number of hydrogen-bond acceptors (Lipinski definition) is 3. The first-order valence-corrected chi connectivity index (χ1v) is 7.35. The van der Waals surface area contributed by atoms with Crippen LogP contribution in [-0.2, 0) is 11.3 Å². The van der Waals surface area contributed by atoms with Gasteiger partial charge in [0.05, 0.1) is 18.8 Å². The number of rotatable bonds is 8. The largest absolute Gasteiger partial charge is 0.389 e. The van der Waals surface area contributed by atoms with E-state index in [9.17, 15) is 5.11 Å². The zero-order chi connectivity index (χ0) is 14.9. The maximum absolute atomic E-state index is 9.94. The summed E-state index contributed by atoms with van der Waals surface area (Å²) in [5.41, 5.74) is 2.34. The van der Waals surface area contributed by atoms with Gasteiger partial charge in [0.15, 0.2) is 0 Å². The van der Waals surface area contributed by atoms with Gasteiger partial charge in [0.1, 0.15) is 0 Å². The van der Waals surface area contributed by atoms with Gasteiger partial charge in [0, 0.05) is 13.1 Å². The molecular weight excluding hydrogens is 262 g/mol. The summed E-state index contributed by atoms with van der Waals surface area (Å²) in [6, 6.07) is 20.2. The molecule has 0 aliphatic heterocycles. The van der Waals surface area contributed by atoms with Crippen LogP contribution in [0, 0.1) is 0 Å². The van der Waals surface area contributed by atoms with Crippen LogP contribution in [0.3, 0.4) is 0 Å². The van der Waals surface area contributed by atoms with Crippen molar-refractivity contribution in [3.63, 3.8) is 0 Å². The average Bonchev–Trinajstić information content (AvgIpc) is 2.54. The minimum absolute atomic E-state index is 0.00465. The third-order valence-electron chi connectivity index (χ3n) is 3.36. The van der Waals surface area contributed by atoms with E-state index in [0.29, 0.717) is 13.2 Å². The smallest absolute Gasteiger partial charge is 0.0898 e. The molecule has 0 heterocycles. The Labute approximate surface area is 126 Å². The topological polar surface area (TPSA) is 41.5 Å². The van der Waals surface area contributed by atoms with E-state index in [-0.39, 0.29) is 6.10 Å². The van der Waals surface area contributed by atoms with Crippen LogP contribution in [0.2, 0.25) is 0 Å². The lowest BCUT2D eigenvalue weighted by Crippen LogP contribution is -2.30. The van der Waals surface area contributed by atoms with Crippen LogP contribution >= 0.6 is 0 Å². The molecule has 0 bridgehead atoms. The van der Waals surface area contributed by atoms with Gasteiger partial charge in [0.25, 0.3) is 0 Å². The van der Waals surface area contributed by atoms with Crippen molar-refractivity contribution < 1.29 is 9.84 Å². The summed E-state index contributed by atoms with van der Waals surface area (Å²) >= 11 is 0. The molecule has 2 atom stereocenters. The highest BCUT2D eigenvalue weighted by Crippen LogP contribution is 2.15. The fourth-order valence-electron chi connectivity index (χ4n) is 2.11. The predicted octanol–water partition coefficient (Wildman–Crippen LogP) is 2.91. The quantitative estimate of drug-likeness (QED) is 0.783. The van der Waals surface area contributed by atoms with Gasteiger partial charge in [-0.15, -0.1) is 0 Å². The Morgan fingerprint density at radius 2 is 1.62 bits per heavy atom. The van der Waals surface area contributed by atoms with E-state index in [1.165, 1.54) is 5.56 Å². The first-order chi connectivity index (χ1) is 10.3. The van der Waals surface area contributed by atoms with Crippen molar-refractivity contribution in [2.75, 3.05) is 13.2 Å². The van der Waals surface area contributed by atoms with Crippen LogP contribution in [0.5, 0.6) is 0 Å². The number of aliphatic hydroxyl groups excluding tert-OH is 1. The molecule has 0 aliphatic carbocycles. The van der Waals surface area contributed by atoms with Gasteiger partial charge >= 0.3 is 0 Å². The molecule has 0 fully saturated rings. The second kappa shape index (κ2) is 8.57. The van der Waals surface area contributed by atoms with E-state index >= 15 is 0 Å². The van der Waals surface area contributed by atoms with Gasteiger partial charge in [-0.05, 0) is 18.1 Å². The van der Waals surface area contributed by atoms with Gasteiger partial charge in [-0.25, -0.2) is 0 Å². The van der Waals surface area contributed by atoms with Crippen LogP contribution in [-0.4, -0.2) is 24.4 Å². The molecule has 0 radical (unpaired) electrons. The standard InChI is InChI=1S/C18H23NO2/c1-15(17-10-6-3-7-11-17)21-14-18(20)13-19-12-16-8-4-2-5-9-16/h2-11,15,18-20H,12-14H2,1H3. The first kappa shape index (κ1) is 15.7. The van der Waals surface area contributed by atoms with Crippen LogP contribution in [0.25, 0.3) is 0 Å². The molecule has 0 saturated carbocycles. The van der Waals surface area contributed by atoms with Crippen LogP contribution < -0.4 is 5.32 Å². The maximum Gasteiger partial charge on any atom is 0.0898 e. The molecule has 0 saturated heterocycles. The summed E-state index contributed by atoms with van der Waals surface area (Å²) in [6.07, 6.45) is -0.505. The maximum atomic E-state index is 9.94. The van der Waals surface area contributed by atoms with E-state index in [1.54, 1.807) is 0 Å².